The van der Waals surface area contributed by atoms with Gasteiger partial charge in [0.1, 0.15) is 58.4 Å². The molecule has 0 aliphatic heterocycles. The summed E-state index contributed by atoms with van der Waals surface area (Å²) in [4.78, 5) is 25.4. The maximum absolute atomic E-state index is 12.8. The van der Waals surface area contributed by atoms with Gasteiger partial charge in [-0.25, -0.2) is 4.68 Å². The third-order valence-corrected chi connectivity index (χ3v) is 6.14. The van der Waals surface area contributed by atoms with E-state index in [1.54, 1.807) is 49.7 Å². The van der Waals surface area contributed by atoms with Crippen LogP contribution in [-0.4, -0.2) is 40.2 Å². The summed E-state index contributed by atoms with van der Waals surface area (Å²) < 4.78 is 24.2. The molecule has 0 spiro atoms. The van der Waals surface area contributed by atoms with E-state index in [1.807, 2.05) is 0 Å². The van der Waals surface area contributed by atoms with Gasteiger partial charge in [0.15, 0.2) is 0 Å². The average molecular weight is 581 g/mol. The van der Waals surface area contributed by atoms with E-state index in [4.69, 9.17) is 18.6 Å². The minimum atomic E-state index is -0.341. The summed E-state index contributed by atoms with van der Waals surface area (Å²) in [5.74, 6) is 0.737. The Bertz CT molecular complexity index is 1730. The second-order valence-corrected chi connectivity index (χ2v) is 9.11. The highest BCUT2D eigenvalue weighted by Gasteiger charge is 2.15. The lowest BCUT2D eigenvalue weighted by Crippen LogP contribution is -2.19. The summed E-state index contributed by atoms with van der Waals surface area (Å²) >= 11 is 3.36. The molecular formula is C26H21BrN4O7. The maximum Gasteiger partial charge on any atom is 0.246 e. The molecule has 11 nitrogen and oxygen atoms in total. The number of hydrogen-bond donors (Lipinski definition) is 2. The number of ether oxygens (including phenoxy) is 3. The summed E-state index contributed by atoms with van der Waals surface area (Å²) in [5.41, 5.74) is 1.16. The third kappa shape index (κ3) is 5.11. The van der Waals surface area contributed by atoms with E-state index in [2.05, 4.69) is 31.6 Å². The first-order valence-electron chi connectivity index (χ1n) is 11.3. The van der Waals surface area contributed by atoms with E-state index in [1.165, 1.54) is 23.9 Å². The smallest absolute Gasteiger partial charge is 0.246 e. The molecule has 2 aromatic heterocycles. The number of carbonyl (C=O) groups excluding carboxylic acids is 1. The lowest BCUT2D eigenvalue weighted by molar-refractivity contribution is -0.116. The minimum absolute atomic E-state index is 0.00221. The Hall–Kier alpha value is -4.58. The summed E-state index contributed by atoms with van der Waals surface area (Å²) in [6.07, 6.45) is 1.57. The molecule has 0 saturated carbocycles. The van der Waals surface area contributed by atoms with Gasteiger partial charge < -0.3 is 29.1 Å². The van der Waals surface area contributed by atoms with Crippen LogP contribution in [0.25, 0.3) is 21.9 Å². The molecule has 2 N–H and O–H groups in total. The summed E-state index contributed by atoms with van der Waals surface area (Å²) in [5, 5.41) is 21.7. The summed E-state index contributed by atoms with van der Waals surface area (Å²) in [6.45, 7) is -0.0883. The largest absolute Gasteiger partial charge is 0.507 e. The van der Waals surface area contributed by atoms with Crippen LogP contribution in [0.2, 0.25) is 0 Å². The molecule has 2 heterocycles. The van der Waals surface area contributed by atoms with Crippen molar-refractivity contribution in [1.29, 1.82) is 0 Å². The zero-order valence-corrected chi connectivity index (χ0v) is 21.8. The van der Waals surface area contributed by atoms with Crippen LogP contribution in [0.15, 0.2) is 68.4 Å². The second kappa shape index (κ2) is 10.4. The molecule has 0 bridgehead atoms. The quantitative estimate of drug-likeness (QED) is 0.258. The van der Waals surface area contributed by atoms with Gasteiger partial charge in [-0.15, -0.1) is 5.10 Å². The molecule has 0 aliphatic rings. The molecule has 1 amide bonds. The first-order chi connectivity index (χ1) is 18.3. The van der Waals surface area contributed by atoms with Gasteiger partial charge >= 0.3 is 0 Å². The fraction of sp³-hybridized carbons (Fsp3) is 0.154. The normalized spacial score (nSPS) is 11.0. The molecule has 5 rings (SSSR count). The topological polar surface area (TPSA) is 138 Å². The SMILES string of the molecule is COc1ccc(NC(=O)Cn2cc(COc3cc(O)c4c(=O)c5ccc(Br)cc5oc4c3)nn2)c(OC)c1. The molecular weight excluding hydrogens is 560 g/mol. The molecule has 0 atom stereocenters. The van der Waals surface area contributed by atoms with Crippen LogP contribution >= 0.6 is 15.9 Å². The minimum Gasteiger partial charge on any atom is -0.507 e. The van der Waals surface area contributed by atoms with Gasteiger partial charge in [-0.3, -0.25) is 9.59 Å². The molecule has 38 heavy (non-hydrogen) atoms. The number of anilines is 1. The number of fused-ring (bicyclic) bond motifs is 2. The molecule has 12 heteroatoms. The van der Waals surface area contributed by atoms with Crippen molar-refractivity contribution in [2.75, 3.05) is 19.5 Å². The van der Waals surface area contributed by atoms with Gasteiger partial charge in [-0.05, 0) is 30.3 Å². The number of aromatic hydroxyl groups is 1. The number of benzene rings is 3. The number of carbonyl (C=O) groups is 1. The standard InChI is InChI=1S/C26H21BrN4O7/c1-35-16-4-6-19(22(9-16)36-2)28-24(33)12-31-11-15(29-30-31)13-37-17-8-20(32)25-23(10-17)38-21-7-14(27)3-5-18(21)26(25)34/h3-11,32H,12-13H2,1-2H3,(H,28,33). The Morgan fingerprint density at radius 2 is 1.92 bits per heavy atom. The number of hydrogen-bond acceptors (Lipinski definition) is 9. The zero-order valence-electron chi connectivity index (χ0n) is 20.2. The van der Waals surface area contributed by atoms with Gasteiger partial charge in [-0.2, -0.15) is 0 Å². The number of phenols is 1. The fourth-order valence-corrected chi connectivity index (χ4v) is 4.21. The first-order valence-corrected chi connectivity index (χ1v) is 12.1. The molecule has 0 radical (unpaired) electrons. The van der Waals surface area contributed by atoms with Crippen LogP contribution in [0.5, 0.6) is 23.0 Å². The van der Waals surface area contributed by atoms with E-state index >= 15 is 0 Å². The fourth-order valence-electron chi connectivity index (χ4n) is 3.87. The summed E-state index contributed by atoms with van der Waals surface area (Å²) in [7, 11) is 3.04. The Morgan fingerprint density at radius 3 is 2.71 bits per heavy atom. The highest BCUT2D eigenvalue weighted by molar-refractivity contribution is 9.10. The van der Waals surface area contributed by atoms with Crippen LogP contribution in [-0.2, 0) is 17.9 Å². The van der Waals surface area contributed by atoms with Crippen LogP contribution in [0, 0.1) is 0 Å². The van der Waals surface area contributed by atoms with E-state index in [0.717, 1.165) is 4.47 Å². The van der Waals surface area contributed by atoms with Crippen LogP contribution in [0.1, 0.15) is 5.69 Å². The molecule has 0 fully saturated rings. The molecule has 0 saturated heterocycles. The molecule has 194 valence electrons. The average Bonchev–Trinajstić information content (AvgIpc) is 3.34. The van der Waals surface area contributed by atoms with Gasteiger partial charge in [-0.1, -0.05) is 21.1 Å². The highest BCUT2D eigenvalue weighted by atomic mass is 79.9. The Morgan fingerprint density at radius 1 is 1.08 bits per heavy atom. The predicted octanol–water partition coefficient (Wildman–Crippen LogP) is 4.24. The number of phenolic OH excluding ortho intramolecular Hbond substituents is 1. The van der Waals surface area contributed by atoms with Crippen molar-refractivity contribution in [2.45, 2.75) is 13.2 Å². The van der Waals surface area contributed by atoms with E-state index in [-0.39, 0.29) is 47.0 Å². The number of amides is 1. The van der Waals surface area contributed by atoms with E-state index in [9.17, 15) is 14.7 Å². The number of halogens is 1. The van der Waals surface area contributed by atoms with Crippen LogP contribution in [0.4, 0.5) is 5.69 Å². The molecule has 5 aromatic rings. The first kappa shape index (κ1) is 25.1. The Balaban J connectivity index is 1.27. The van der Waals surface area contributed by atoms with Crippen molar-refractivity contribution in [1.82, 2.24) is 15.0 Å². The zero-order chi connectivity index (χ0) is 26.8. The lowest BCUT2D eigenvalue weighted by atomic mass is 10.1. The maximum atomic E-state index is 12.8. The Kier molecular flexibility index (Phi) is 6.88. The van der Waals surface area contributed by atoms with E-state index in [0.29, 0.717) is 33.8 Å². The monoisotopic (exact) mass is 580 g/mol. The van der Waals surface area contributed by atoms with Crippen LogP contribution < -0.4 is 25.0 Å². The lowest BCUT2D eigenvalue weighted by Gasteiger charge is -2.11. The molecule has 0 aliphatic carbocycles. The van der Waals surface area contributed by atoms with Gasteiger partial charge in [0.05, 0.1) is 31.5 Å². The van der Waals surface area contributed by atoms with Gasteiger partial charge in [0.25, 0.3) is 0 Å². The predicted molar refractivity (Wildman–Crippen MR) is 142 cm³/mol. The van der Waals surface area contributed by atoms with Crippen molar-refractivity contribution in [3.05, 3.63) is 75.1 Å². The van der Waals surface area contributed by atoms with E-state index < -0.39 is 0 Å². The second-order valence-electron chi connectivity index (χ2n) is 8.20. The van der Waals surface area contributed by atoms with Crippen molar-refractivity contribution in [3.63, 3.8) is 0 Å². The highest BCUT2D eigenvalue weighted by Crippen LogP contribution is 2.32. The number of nitrogens with zero attached hydrogens (tertiary/aromatic N) is 3. The van der Waals surface area contributed by atoms with Crippen LogP contribution in [0.3, 0.4) is 0 Å². The molecule has 3 aromatic carbocycles. The third-order valence-electron chi connectivity index (χ3n) is 5.65. The number of aromatic nitrogens is 3. The van der Waals surface area contributed by atoms with Crippen molar-refractivity contribution < 1.29 is 28.5 Å². The number of methoxy groups -OCH3 is 2. The van der Waals surface area contributed by atoms with Crippen molar-refractivity contribution in [3.8, 4) is 23.0 Å². The van der Waals surface area contributed by atoms with Gasteiger partial charge in [0.2, 0.25) is 11.3 Å². The van der Waals surface area contributed by atoms with Crippen molar-refractivity contribution in [2.24, 2.45) is 0 Å². The Labute approximate surface area is 223 Å². The number of nitrogens with one attached hydrogen (secondary N) is 1. The summed E-state index contributed by atoms with van der Waals surface area (Å²) in [6, 6.07) is 13.0. The van der Waals surface area contributed by atoms with Gasteiger partial charge in [0, 0.05) is 22.7 Å². The molecule has 0 unspecified atom stereocenters. The van der Waals surface area contributed by atoms with Crippen molar-refractivity contribution >= 4 is 49.5 Å². The number of rotatable bonds is 8.